The molecule has 2 amide bonds. The molecule has 6 nitrogen and oxygen atoms in total. The fourth-order valence-electron chi connectivity index (χ4n) is 3.99. The molecule has 0 bridgehead atoms. The fourth-order valence-corrected chi connectivity index (χ4v) is 3.99. The van der Waals surface area contributed by atoms with Crippen molar-refractivity contribution in [1.29, 1.82) is 0 Å². The number of hydrogen-bond donors (Lipinski definition) is 2. The minimum atomic E-state index is -0.614. The van der Waals surface area contributed by atoms with Gasteiger partial charge in [0.15, 0.2) is 0 Å². The number of hydrogen-bond acceptors (Lipinski definition) is 4. The van der Waals surface area contributed by atoms with E-state index in [9.17, 15) is 9.59 Å². The Bertz CT molecular complexity index is 415. The zero-order chi connectivity index (χ0) is 14.8. The quantitative estimate of drug-likeness (QED) is 0.751. The van der Waals surface area contributed by atoms with Gasteiger partial charge in [-0.05, 0) is 31.6 Å². The number of carbonyl (C=O) groups is 2. The Hall–Kier alpha value is -1.14. The average molecular weight is 295 g/mol. The first-order valence-corrected chi connectivity index (χ1v) is 8.10. The summed E-state index contributed by atoms with van der Waals surface area (Å²) < 4.78 is 5.28. The Morgan fingerprint density at radius 2 is 1.95 bits per heavy atom. The average Bonchev–Trinajstić information content (AvgIpc) is 2.53. The van der Waals surface area contributed by atoms with Crippen molar-refractivity contribution in [2.75, 3.05) is 19.8 Å². The zero-order valence-corrected chi connectivity index (χ0v) is 12.4. The molecule has 2 aliphatic heterocycles. The molecule has 3 fully saturated rings. The summed E-state index contributed by atoms with van der Waals surface area (Å²) in [5, 5.41) is 3.53. The highest BCUT2D eigenvalue weighted by Gasteiger charge is 2.39. The second-order valence-corrected chi connectivity index (χ2v) is 6.47. The first kappa shape index (κ1) is 14.8. The van der Waals surface area contributed by atoms with Crippen molar-refractivity contribution < 1.29 is 14.3 Å². The van der Waals surface area contributed by atoms with Gasteiger partial charge >= 0.3 is 0 Å². The van der Waals surface area contributed by atoms with Crippen LogP contribution in [0.4, 0.5) is 0 Å². The highest BCUT2D eigenvalue weighted by atomic mass is 16.5. The number of rotatable bonds is 2. The molecule has 0 aromatic heterocycles. The molecule has 6 heteroatoms. The van der Waals surface area contributed by atoms with Gasteiger partial charge in [-0.25, -0.2) is 0 Å². The van der Waals surface area contributed by atoms with E-state index in [1.54, 1.807) is 4.90 Å². The summed E-state index contributed by atoms with van der Waals surface area (Å²) in [6, 6.07) is -0.309. The Morgan fingerprint density at radius 3 is 2.76 bits per heavy atom. The van der Waals surface area contributed by atoms with Crippen LogP contribution in [0.25, 0.3) is 0 Å². The maximum absolute atomic E-state index is 12.7. The van der Waals surface area contributed by atoms with Crippen LogP contribution in [0.1, 0.15) is 38.5 Å². The van der Waals surface area contributed by atoms with Gasteiger partial charge in [-0.3, -0.25) is 9.59 Å². The van der Waals surface area contributed by atoms with Crippen LogP contribution in [0.15, 0.2) is 0 Å². The van der Waals surface area contributed by atoms with Gasteiger partial charge in [-0.1, -0.05) is 12.8 Å². The van der Waals surface area contributed by atoms with Crippen molar-refractivity contribution in [3.8, 4) is 0 Å². The van der Waals surface area contributed by atoms with Crippen LogP contribution in [0.2, 0.25) is 0 Å². The number of carbonyl (C=O) groups excluding carboxylic acids is 2. The highest BCUT2D eigenvalue weighted by molar-refractivity contribution is 5.89. The molecule has 0 spiro atoms. The summed E-state index contributed by atoms with van der Waals surface area (Å²) in [5.74, 6) is 0.264. The number of amides is 2. The molecular formula is C15H25N3O3. The summed E-state index contributed by atoms with van der Waals surface area (Å²) in [7, 11) is 0. The molecule has 3 N–H and O–H groups in total. The SMILES string of the molecule is NC(=O)C1COCCN1C(=O)C1CCC2CCCCC2N1. The molecule has 1 aliphatic carbocycles. The molecule has 2 heterocycles. The molecule has 2 saturated heterocycles. The molecular weight excluding hydrogens is 270 g/mol. The number of nitrogens with zero attached hydrogens (tertiary/aromatic N) is 1. The minimum absolute atomic E-state index is 0.0196. The van der Waals surface area contributed by atoms with Crippen molar-refractivity contribution in [2.24, 2.45) is 11.7 Å². The van der Waals surface area contributed by atoms with E-state index in [4.69, 9.17) is 10.5 Å². The van der Waals surface area contributed by atoms with Crippen LogP contribution in [0.5, 0.6) is 0 Å². The van der Waals surface area contributed by atoms with Gasteiger partial charge in [0, 0.05) is 12.6 Å². The lowest BCUT2D eigenvalue weighted by Gasteiger charge is -2.42. The number of ether oxygens (including phenoxy) is 1. The molecule has 0 radical (unpaired) electrons. The lowest BCUT2D eigenvalue weighted by molar-refractivity contribution is -0.149. The standard InChI is InChI=1S/C15H25N3O3/c16-14(19)13-9-21-8-7-18(13)15(20)12-6-5-10-3-1-2-4-11(10)17-12/h10-13,17H,1-9H2,(H2,16,19). The van der Waals surface area contributed by atoms with Gasteiger partial charge in [-0.15, -0.1) is 0 Å². The Morgan fingerprint density at radius 1 is 1.14 bits per heavy atom. The molecule has 118 valence electrons. The molecule has 3 aliphatic rings. The van der Waals surface area contributed by atoms with Crippen LogP contribution < -0.4 is 11.1 Å². The predicted octanol–water partition coefficient (Wildman–Crippen LogP) is 0.00990. The summed E-state index contributed by atoms with van der Waals surface area (Å²) in [4.78, 5) is 25.9. The maximum Gasteiger partial charge on any atom is 0.242 e. The zero-order valence-electron chi connectivity index (χ0n) is 12.4. The van der Waals surface area contributed by atoms with Gasteiger partial charge in [0.2, 0.25) is 11.8 Å². The molecule has 4 unspecified atom stereocenters. The third-order valence-corrected chi connectivity index (χ3v) is 5.19. The lowest BCUT2D eigenvalue weighted by Crippen LogP contribution is -2.61. The van der Waals surface area contributed by atoms with Gasteiger partial charge < -0.3 is 20.7 Å². The third kappa shape index (κ3) is 3.06. The highest BCUT2D eigenvalue weighted by Crippen LogP contribution is 2.32. The Kier molecular flexibility index (Phi) is 4.45. The Balaban J connectivity index is 1.65. The second kappa shape index (κ2) is 6.32. The van der Waals surface area contributed by atoms with E-state index in [2.05, 4.69) is 5.32 Å². The molecule has 3 rings (SSSR count). The summed E-state index contributed by atoms with van der Waals surface area (Å²) >= 11 is 0. The van der Waals surface area contributed by atoms with E-state index in [-0.39, 0.29) is 18.6 Å². The largest absolute Gasteiger partial charge is 0.377 e. The lowest BCUT2D eigenvalue weighted by atomic mass is 9.77. The van der Waals surface area contributed by atoms with Crippen LogP contribution in [-0.4, -0.2) is 54.6 Å². The van der Waals surface area contributed by atoms with E-state index in [0.717, 1.165) is 25.2 Å². The number of fused-ring (bicyclic) bond motifs is 1. The van der Waals surface area contributed by atoms with Crippen molar-refractivity contribution in [2.45, 2.75) is 56.7 Å². The summed E-state index contributed by atoms with van der Waals surface area (Å²) in [6.45, 7) is 1.16. The van der Waals surface area contributed by atoms with E-state index in [1.807, 2.05) is 0 Å². The smallest absolute Gasteiger partial charge is 0.242 e. The van der Waals surface area contributed by atoms with Crippen molar-refractivity contribution in [1.82, 2.24) is 10.2 Å². The predicted molar refractivity (Wildman–Crippen MR) is 77.4 cm³/mol. The third-order valence-electron chi connectivity index (χ3n) is 5.19. The van der Waals surface area contributed by atoms with Crippen molar-refractivity contribution in [3.63, 3.8) is 0 Å². The molecule has 0 aromatic rings. The van der Waals surface area contributed by atoms with E-state index < -0.39 is 11.9 Å². The topological polar surface area (TPSA) is 84.7 Å². The number of morpholine rings is 1. The number of nitrogens with one attached hydrogen (secondary N) is 1. The van der Waals surface area contributed by atoms with Gasteiger partial charge in [-0.2, -0.15) is 0 Å². The summed E-state index contributed by atoms with van der Waals surface area (Å²) in [5.41, 5.74) is 5.40. The normalized spacial score (nSPS) is 36.9. The van der Waals surface area contributed by atoms with Gasteiger partial charge in [0.25, 0.3) is 0 Å². The van der Waals surface area contributed by atoms with E-state index in [0.29, 0.717) is 19.2 Å². The van der Waals surface area contributed by atoms with Crippen molar-refractivity contribution in [3.05, 3.63) is 0 Å². The maximum atomic E-state index is 12.7. The number of piperidine rings is 1. The fraction of sp³-hybridized carbons (Fsp3) is 0.867. The molecule has 4 atom stereocenters. The van der Waals surface area contributed by atoms with Gasteiger partial charge in [0.05, 0.1) is 19.3 Å². The monoisotopic (exact) mass is 295 g/mol. The van der Waals surface area contributed by atoms with Crippen LogP contribution in [-0.2, 0) is 14.3 Å². The second-order valence-electron chi connectivity index (χ2n) is 6.47. The van der Waals surface area contributed by atoms with Crippen molar-refractivity contribution >= 4 is 11.8 Å². The molecule has 1 saturated carbocycles. The number of nitrogens with two attached hydrogens (primary N) is 1. The van der Waals surface area contributed by atoms with E-state index >= 15 is 0 Å². The Labute approximate surface area is 125 Å². The van der Waals surface area contributed by atoms with Gasteiger partial charge in [0.1, 0.15) is 6.04 Å². The minimum Gasteiger partial charge on any atom is -0.377 e. The molecule has 21 heavy (non-hydrogen) atoms. The van der Waals surface area contributed by atoms with Crippen LogP contribution in [0, 0.1) is 5.92 Å². The van der Waals surface area contributed by atoms with Crippen LogP contribution in [0.3, 0.4) is 0 Å². The first-order valence-electron chi connectivity index (χ1n) is 8.10. The first-order chi connectivity index (χ1) is 10.2. The van der Waals surface area contributed by atoms with Crippen LogP contribution >= 0.6 is 0 Å². The summed E-state index contributed by atoms with van der Waals surface area (Å²) in [6.07, 6.45) is 6.98. The van der Waals surface area contributed by atoms with E-state index in [1.165, 1.54) is 19.3 Å². The molecule has 0 aromatic carbocycles. The number of primary amides is 1.